The van der Waals surface area contributed by atoms with Gasteiger partial charge in [0.2, 0.25) is 0 Å². The Morgan fingerprint density at radius 2 is 1.94 bits per heavy atom. The Labute approximate surface area is 104 Å². The lowest BCUT2D eigenvalue weighted by molar-refractivity contribution is -0.139. The maximum atomic E-state index is 12.9. The number of ether oxygens (including phenoxy) is 1. The van der Waals surface area contributed by atoms with Crippen molar-refractivity contribution in [2.24, 2.45) is 0 Å². The topological polar surface area (TPSA) is 26.3 Å². The Balaban J connectivity index is 3.25. The molecule has 0 atom stereocenters. The summed E-state index contributed by atoms with van der Waals surface area (Å²) in [6, 6.07) is 3.41. The molecule has 18 heavy (non-hydrogen) atoms. The highest BCUT2D eigenvalue weighted by molar-refractivity contribution is 5.96. The summed E-state index contributed by atoms with van der Waals surface area (Å²) in [5.74, 6) is -0.568. The van der Waals surface area contributed by atoms with Crippen LogP contribution in [-0.2, 0) is 6.18 Å². The van der Waals surface area contributed by atoms with Crippen molar-refractivity contribution in [3.63, 3.8) is 0 Å². The molecule has 0 N–H and O–H groups in total. The van der Waals surface area contributed by atoms with Gasteiger partial charge in [-0.15, -0.1) is 0 Å². The average Bonchev–Trinajstić information content (AvgIpc) is 2.26. The normalized spacial score (nSPS) is 11.7. The van der Waals surface area contributed by atoms with Crippen molar-refractivity contribution in [1.29, 1.82) is 0 Å². The van der Waals surface area contributed by atoms with Gasteiger partial charge in [-0.1, -0.05) is 6.92 Å². The van der Waals surface area contributed by atoms with Crippen LogP contribution in [0.2, 0.25) is 0 Å². The Morgan fingerprint density at radius 3 is 2.39 bits per heavy atom. The smallest absolute Gasteiger partial charge is 0.419 e. The highest BCUT2D eigenvalue weighted by Crippen LogP contribution is 2.37. The van der Waals surface area contributed by atoms with Crippen LogP contribution in [0.15, 0.2) is 18.2 Å². The Hall–Kier alpha value is -1.52. The van der Waals surface area contributed by atoms with Gasteiger partial charge in [-0.05, 0) is 32.0 Å². The number of halogens is 3. The van der Waals surface area contributed by atoms with Gasteiger partial charge < -0.3 is 4.74 Å². The number of benzene rings is 1. The molecule has 100 valence electrons. The fourth-order valence-electron chi connectivity index (χ4n) is 1.49. The van der Waals surface area contributed by atoms with E-state index in [0.717, 1.165) is 6.07 Å². The van der Waals surface area contributed by atoms with E-state index in [0.29, 0.717) is 0 Å². The van der Waals surface area contributed by atoms with Gasteiger partial charge in [0.1, 0.15) is 5.75 Å². The van der Waals surface area contributed by atoms with Crippen molar-refractivity contribution in [3.8, 4) is 5.75 Å². The summed E-state index contributed by atoms with van der Waals surface area (Å²) in [5, 5.41) is 0. The van der Waals surface area contributed by atoms with Crippen LogP contribution in [0.4, 0.5) is 13.2 Å². The minimum atomic E-state index is -4.53. The van der Waals surface area contributed by atoms with E-state index in [-0.39, 0.29) is 29.6 Å². The molecule has 0 saturated heterocycles. The third-order valence-corrected chi connectivity index (χ3v) is 2.29. The fraction of sp³-hybridized carbons (Fsp3) is 0.462. The monoisotopic (exact) mass is 260 g/mol. The minimum Gasteiger partial charge on any atom is -0.490 e. The van der Waals surface area contributed by atoms with Crippen molar-refractivity contribution in [3.05, 3.63) is 29.3 Å². The molecule has 0 amide bonds. The number of hydrogen-bond acceptors (Lipinski definition) is 2. The molecule has 0 aromatic heterocycles. The highest BCUT2D eigenvalue weighted by Gasteiger charge is 2.35. The standard InChI is InChI=1S/C13H15F3O2/c1-4-11(17)9-5-6-12(18-8(2)3)10(7-9)13(14,15)16/h5-8H,4H2,1-3H3. The second-order valence-electron chi connectivity index (χ2n) is 4.15. The first-order valence-corrected chi connectivity index (χ1v) is 5.66. The lowest BCUT2D eigenvalue weighted by Gasteiger charge is -2.17. The van der Waals surface area contributed by atoms with Gasteiger partial charge in [0.15, 0.2) is 5.78 Å². The van der Waals surface area contributed by atoms with E-state index in [2.05, 4.69) is 0 Å². The summed E-state index contributed by atoms with van der Waals surface area (Å²) in [4.78, 5) is 11.4. The average molecular weight is 260 g/mol. The molecule has 0 radical (unpaired) electrons. The van der Waals surface area contributed by atoms with Crippen molar-refractivity contribution < 1.29 is 22.7 Å². The minimum absolute atomic E-state index is 0.0564. The Morgan fingerprint density at radius 1 is 1.33 bits per heavy atom. The summed E-state index contributed by atoms with van der Waals surface area (Å²) >= 11 is 0. The number of ketones is 1. The molecule has 0 unspecified atom stereocenters. The summed E-state index contributed by atoms with van der Waals surface area (Å²) in [6.07, 6.45) is -4.73. The van der Waals surface area contributed by atoms with E-state index in [1.165, 1.54) is 12.1 Å². The van der Waals surface area contributed by atoms with Crippen LogP contribution in [0.25, 0.3) is 0 Å². The molecule has 2 nitrogen and oxygen atoms in total. The van der Waals surface area contributed by atoms with Crippen LogP contribution < -0.4 is 4.74 Å². The Bertz CT molecular complexity index is 436. The van der Waals surface area contributed by atoms with Crippen molar-refractivity contribution in [2.75, 3.05) is 0 Å². The van der Waals surface area contributed by atoms with Gasteiger partial charge in [-0.25, -0.2) is 0 Å². The third-order valence-electron chi connectivity index (χ3n) is 2.29. The molecule has 0 spiro atoms. The van der Waals surface area contributed by atoms with Crippen molar-refractivity contribution >= 4 is 5.78 Å². The molecule has 0 aliphatic rings. The molecule has 1 aromatic carbocycles. The molecule has 0 fully saturated rings. The van der Waals surface area contributed by atoms with E-state index in [1.807, 2.05) is 0 Å². The van der Waals surface area contributed by atoms with E-state index in [4.69, 9.17) is 4.74 Å². The predicted molar refractivity (Wildman–Crippen MR) is 61.8 cm³/mol. The van der Waals surface area contributed by atoms with E-state index < -0.39 is 11.7 Å². The lowest BCUT2D eigenvalue weighted by Crippen LogP contribution is -2.14. The molecular weight excluding hydrogens is 245 g/mol. The zero-order valence-electron chi connectivity index (χ0n) is 10.5. The van der Waals surface area contributed by atoms with Gasteiger partial charge in [0, 0.05) is 12.0 Å². The highest BCUT2D eigenvalue weighted by atomic mass is 19.4. The van der Waals surface area contributed by atoms with Gasteiger partial charge in [0.25, 0.3) is 0 Å². The summed E-state index contributed by atoms with van der Waals surface area (Å²) in [6.45, 7) is 4.89. The van der Waals surface area contributed by atoms with Crippen LogP contribution in [0, 0.1) is 0 Å². The maximum absolute atomic E-state index is 12.9. The third kappa shape index (κ3) is 3.48. The number of Topliss-reactive ketones (excluding diaryl/α,β-unsaturated/α-hetero) is 1. The quantitative estimate of drug-likeness (QED) is 0.762. The van der Waals surface area contributed by atoms with Gasteiger partial charge in [-0.3, -0.25) is 4.79 Å². The number of rotatable bonds is 4. The van der Waals surface area contributed by atoms with Gasteiger partial charge in [-0.2, -0.15) is 13.2 Å². The number of alkyl halides is 3. The van der Waals surface area contributed by atoms with Crippen LogP contribution in [-0.4, -0.2) is 11.9 Å². The molecule has 0 aliphatic carbocycles. The Kier molecular flexibility index (Phi) is 4.38. The number of carbonyl (C=O) groups is 1. The predicted octanol–water partition coefficient (Wildman–Crippen LogP) is 4.09. The molecule has 0 bridgehead atoms. The second-order valence-corrected chi connectivity index (χ2v) is 4.15. The van der Waals surface area contributed by atoms with Crippen LogP contribution in [0.5, 0.6) is 5.75 Å². The van der Waals surface area contributed by atoms with E-state index in [9.17, 15) is 18.0 Å². The van der Waals surface area contributed by atoms with Crippen molar-refractivity contribution in [2.45, 2.75) is 39.5 Å². The first-order chi connectivity index (χ1) is 8.25. The largest absolute Gasteiger partial charge is 0.490 e. The lowest BCUT2D eigenvalue weighted by atomic mass is 10.0. The molecule has 0 saturated carbocycles. The van der Waals surface area contributed by atoms with Crippen LogP contribution in [0.3, 0.4) is 0 Å². The molecule has 0 aliphatic heterocycles. The van der Waals surface area contributed by atoms with E-state index >= 15 is 0 Å². The molecule has 0 heterocycles. The molecule has 5 heteroatoms. The van der Waals surface area contributed by atoms with Gasteiger partial charge >= 0.3 is 6.18 Å². The first kappa shape index (κ1) is 14.5. The zero-order valence-corrected chi connectivity index (χ0v) is 10.5. The van der Waals surface area contributed by atoms with Crippen LogP contribution in [0.1, 0.15) is 43.1 Å². The summed E-state index contributed by atoms with van der Waals surface area (Å²) < 4.78 is 43.7. The molecule has 1 aromatic rings. The first-order valence-electron chi connectivity index (χ1n) is 5.66. The molecular formula is C13H15F3O2. The zero-order chi connectivity index (χ0) is 13.9. The maximum Gasteiger partial charge on any atom is 0.419 e. The summed E-state index contributed by atoms with van der Waals surface area (Å²) in [7, 11) is 0. The fourth-order valence-corrected chi connectivity index (χ4v) is 1.49. The number of hydrogen-bond donors (Lipinski definition) is 0. The molecule has 1 rings (SSSR count). The second kappa shape index (κ2) is 5.42. The van der Waals surface area contributed by atoms with Crippen molar-refractivity contribution in [1.82, 2.24) is 0 Å². The van der Waals surface area contributed by atoms with Gasteiger partial charge in [0.05, 0.1) is 11.7 Å². The van der Waals surface area contributed by atoms with E-state index in [1.54, 1.807) is 20.8 Å². The summed E-state index contributed by atoms with van der Waals surface area (Å²) in [5.41, 5.74) is -0.851. The number of carbonyl (C=O) groups excluding carboxylic acids is 1. The van der Waals surface area contributed by atoms with Crippen LogP contribution >= 0.6 is 0 Å². The SMILES string of the molecule is CCC(=O)c1ccc(OC(C)C)c(C(F)(F)F)c1.